The summed E-state index contributed by atoms with van der Waals surface area (Å²) in [6.45, 7) is 0.178. The highest BCUT2D eigenvalue weighted by Gasteiger charge is 2.21. The fraction of sp³-hybridized carbons (Fsp3) is 0.200. The molecular weight excluding hydrogens is 291 g/mol. The molecular formula is C15H15FN2O4. The van der Waals surface area contributed by atoms with E-state index < -0.39 is 23.7 Å². The van der Waals surface area contributed by atoms with Crippen molar-refractivity contribution in [1.82, 2.24) is 5.32 Å². The van der Waals surface area contributed by atoms with Gasteiger partial charge >= 0.3 is 5.97 Å². The third-order valence-electron chi connectivity index (χ3n) is 2.94. The zero-order valence-corrected chi connectivity index (χ0v) is 11.6. The van der Waals surface area contributed by atoms with E-state index in [2.05, 4.69) is 10.6 Å². The quantitative estimate of drug-likeness (QED) is 0.727. The van der Waals surface area contributed by atoms with Gasteiger partial charge in [-0.2, -0.15) is 0 Å². The Bertz CT molecular complexity index is 643. The molecule has 0 aliphatic carbocycles. The van der Waals surface area contributed by atoms with Gasteiger partial charge in [-0.15, -0.1) is 0 Å². The molecule has 7 heteroatoms. The molecule has 0 bridgehead atoms. The summed E-state index contributed by atoms with van der Waals surface area (Å²) in [5.41, 5.74) is 0.0164. The summed E-state index contributed by atoms with van der Waals surface area (Å²) < 4.78 is 18.5. The number of carbonyl (C=O) groups excluding carboxylic acids is 1. The van der Waals surface area contributed by atoms with Crippen molar-refractivity contribution in [1.29, 1.82) is 0 Å². The molecule has 0 radical (unpaired) electrons. The Balaban J connectivity index is 1.91. The van der Waals surface area contributed by atoms with E-state index in [1.165, 1.54) is 24.5 Å². The van der Waals surface area contributed by atoms with Crippen molar-refractivity contribution in [3.05, 3.63) is 54.2 Å². The van der Waals surface area contributed by atoms with Crippen LogP contribution in [0.15, 0.2) is 47.1 Å². The summed E-state index contributed by atoms with van der Waals surface area (Å²) in [7, 11) is 0. The molecule has 6 nitrogen and oxygen atoms in total. The maximum Gasteiger partial charge on any atom is 0.321 e. The number of nitrogens with one attached hydrogen (secondary N) is 2. The Labute approximate surface area is 125 Å². The van der Waals surface area contributed by atoms with Crippen molar-refractivity contribution >= 4 is 17.6 Å². The molecule has 3 N–H and O–H groups in total. The van der Waals surface area contributed by atoms with Gasteiger partial charge < -0.3 is 14.8 Å². The Morgan fingerprint density at radius 3 is 2.64 bits per heavy atom. The van der Waals surface area contributed by atoms with E-state index in [1.807, 2.05) is 0 Å². The highest BCUT2D eigenvalue weighted by molar-refractivity contribution is 5.94. The molecule has 1 aromatic carbocycles. The Hall–Kier alpha value is -2.67. The van der Waals surface area contributed by atoms with Crippen LogP contribution < -0.4 is 10.6 Å². The first kappa shape index (κ1) is 15.7. The Kier molecular flexibility index (Phi) is 5.26. The summed E-state index contributed by atoms with van der Waals surface area (Å²) >= 11 is 0. The highest BCUT2D eigenvalue weighted by Crippen LogP contribution is 2.13. The molecule has 0 saturated heterocycles. The number of rotatable bonds is 7. The van der Waals surface area contributed by atoms with Crippen molar-refractivity contribution in [2.24, 2.45) is 0 Å². The van der Waals surface area contributed by atoms with Gasteiger partial charge in [0.2, 0.25) is 5.91 Å². The number of carboxylic acids is 1. The van der Waals surface area contributed by atoms with Gasteiger partial charge in [0, 0.05) is 0 Å². The van der Waals surface area contributed by atoms with Crippen LogP contribution in [0.3, 0.4) is 0 Å². The van der Waals surface area contributed by atoms with Gasteiger partial charge in [-0.25, -0.2) is 4.39 Å². The maximum atomic E-state index is 13.4. The van der Waals surface area contributed by atoms with Gasteiger partial charge in [0.1, 0.15) is 17.6 Å². The number of amides is 1. The number of halogens is 1. The Morgan fingerprint density at radius 2 is 2.00 bits per heavy atom. The standard InChI is InChI=1S/C15H15FN2O4/c16-11-5-1-2-6-12(11)18-14(19)8-13(15(20)21)17-9-10-4-3-7-22-10/h1-7,13,17H,8-9H2,(H,18,19)(H,20,21)/t13-/m0/s1. The minimum atomic E-state index is -1.17. The molecule has 22 heavy (non-hydrogen) atoms. The molecule has 2 aromatic rings. The van der Waals surface area contributed by atoms with Gasteiger partial charge in [-0.1, -0.05) is 12.1 Å². The second-order valence-corrected chi connectivity index (χ2v) is 4.58. The lowest BCUT2D eigenvalue weighted by Crippen LogP contribution is -2.39. The van der Waals surface area contributed by atoms with Gasteiger partial charge in [0.25, 0.3) is 0 Å². The number of hydrogen-bond donors (Lipinski definition) is 3. The van der Waals surface area contributed by atoms with Crippen LogP contribution in [0.25, 0.3) is 0 Å². The average molecular weight is 306 g/mol. The normalized spacial score (nSPS) is 11.9. The number of benzene rings is 1. The van der Waals surface area contributed by atoms with Crippen LogP contribution in [0.2, 0.25) is 0 Å². The second-order valence-electron chi connectivity index (χ2n) is 4.58. The van der Waals surface area contributed by atoms with Crippen molar-refractivity contribution < 1.29 is 23.5 Å². The first-order valence-corrected chi connectivity index (χ1v) is 6.59. The molecule has 0 aliphatic heterocycles. The van der Waals surface area contributed by atoms with Gasteiger partial charge in [-0.3, -0.25) is 14.9 Å². The van der Waals surface area contributed by atoms with E-state index in [9.17, 15) is 14.0 Å². The van der Waals surface area contributed by atoms with Crippen LogP contribution in [-0.2, 0) is 16.1 Å². The van der Waals surface area contributed by atoms with Crippen molar-refractivity contribution in [3.63, 3.8) is 0 Å². The molecule has 0 unspecified atom stereocenters. The van der Waals surface area contributed by atoms with Crippen LogP contribution in [0.5, 0.6) is 0 Å². The number of furan rings is 1. The number of aliphatic carboxylic acids is 1. The summed E-state index contributed by atoms with van der Waals surface area (Å²) in [6, 6.07) is 7.94. The number of carboxylic acid groups (broad SMARTS) is 1. The lowest BCUT2D eigenvalue weighted by Gasteiger charge is -2.13. The van der Waals surface area contributed by atoms with E-state index in [0.29, 0.717) is 5.76 Å². The molecule has 0 fully saturated rings. The third-order valence-corrected chi connectivity index (χ3v) is 2.94. The number of carbonyl (C=O) groups is 2. The number of anilines is 1. The third kappa shape index (κ3) is 4.42. The van der Waals surface area contributed by atoms with E-state index in [0.717, 1.165) is 0 Å². The molecule has 1 heterocycles. The van der Waals surface area contributed by atoms with E-state index in [1.54, 1.807) is 18.2 Å². The van der Waals surface area contributed by atoms with Crippen LogP contribution >= 0.6 is 0 Å². The molecule has 1 amide bonds. The minimum Gasteiger partial charge on any atom is -0.480 e. The predicted octanol–water partition coefficient (Wildman–Crippen LogP) is 1.99. The summed E-state index contributed by atoms with van der Waals surface area (Å²) in [5.74, 6) is -1.79. The van der Waals surface area contributed by atoms with Crippen molar-refractivity contribution in [3.8, 4) is 0 Å². The van der Waals surface area contributed by atoms with E-state index in [-0.39, 0.29) is 18.7 Å². The lowest BCUT2D eigenvalue weighted by atomic mass is 10.2. The lowest BCUT2D eigenvalue weighted by molar-refractivity contribution is -0.141. The number of hydrogen-bond acceptors (Lipinski definition) is 4. The monoisotopic (exact) mass is 306 g/mol. The van der Waals surface area contributed by atoms with Gasteiger partial charge in [0.15, 0.2) is 0 Å². The molecule has 0 spiro atoms. The summed E-state index contributed by atoms with van der Waals surface area (Å²) in [6.07, 6.45) is 1.14. The van der Waals surface area contributed by atoms with Crippen LogP contribution in [0, 0.1) is 5.82 Å². The molecule has 0 saturated carbocycles. The van der Waals surface area contributed by atoms with Crippen LogP contribution in [-0.4, -0.2) is 23.0 Å². The van der Waals surface area contributed by atoms with Crippen LogP contribution in [0.4, 0.5) is 10.1 Å². The largest absolute Gasteiger partial charge is 0.480 e. The van der Waals surface area contributed by atoms with E-state index >= 15 is 0 Å². The fourth-order valence-electron chi connectivity index (χ4n) is 1.83. The van der Waals surface area contributed by atoms with Crippen molar-refractivity contribution in [2.75, 3.05) is 5.32 Å². The van der Waals surface area contributed by atoms with Gasteiger partial charge in [0.05, 0.1) is 24.9 Å². The SMILES string of the molecule is O=C(C[C@H](NCc1ccco1)C(=O)O)Nc1ccccc1F. The first-order valence-electron chi connectivity index (χ1n) is 6.59. The first-order chi connectivity index (χ1) is 10.6. The summed E-state index contributed by atoms with van der Waals surface area (Å²) in [5, 5.41) is 14.2. The topological polar surface area (TPSA) is 91.6 Å². The average Bonchev–Trinajstić information content (AvgIpc) is 2.99. The number of para-hydroxylation sites is 1. The molecule has 0 aliphatic rings. The van der Waals surface area contributed by atoms with Crippen LogP contribution in [0.1, 0.15) is 12.2 Å². The molecule has 2 rings (SSSR count). The van der Waals surface area contributed by atoms with Crippen molar-refractivity contribution in [2.45, 2.75) is 19.0 Å². The second kappa shape index (κ2) is 7.37. The van der Waals surface area contributed by atoms with E-state index in [4.69, 9.17) is 9.52 Å². The predicted molar refractivity (Wildman–Crippen MR) is 76.6 cm³/mol. The van der Waals surface area contributed by atoms with Gasteiger partial charge in [-0.05, 0) is 24.3 Å². The summed E-state index contributed by atoms with van der Waals surface area (Å²) in [4.78, 5) is 23.0. The minimum absolute atomic E-state index is 0.0164. The maximum absolute atomic E-state index is 13.4. The highest BCUT2D eigenvalue weighted by atomic mass is 19.1. The zero-order chi connectivity index (χ0) is 15.9. The molecule has 1 atom stereocenters. The molecule has 116 valence electrons. The zero-order valence-electron chi connectivity index (χ0n) is 11.6. The smallest absolute Gasteiger partial charge is 0.321 e. The fourth-order valence-corrected chi connectivity index (χ4v) is 1.83. The Morgan fingerprint density at radius 1 is 1.23 bits per heavy atom. The molecule has 1 aromatic heterocycles.